The zero-order valence-electron chi connectivity index (χ0n) is 15.0. The molecule has 0 radical (unpaired) electrons. The molecular weight excluding hydrogens is 352 g/mol. The average Bonchev–Trinajstić information content (AvgIpc) is 2.62. The molecule has 1 fully saturated rings. The number of ether oxygens (including phenoxy) is 2. The lowest BCUT2D eigenvalue weighted by molar-refractivity contribution is 0.123. The highest BCUT2D eigenvalue weighted by molar-refractivity contribution is 7.92. The summed E-state index contributed by atoms with van der Waals surface area (Å²) >= 11 is 0. The summed E-state index contributed by atoms with van der Waals surface area (Å²) < 4.78 is 39.2. The molecule has 2 aromatic rings. The van der Waals surface area contributed by atoms with Gasteiger partial charge in [-0.05, 0) is 50.2 Å². The van der Waals surface area contributed by atoms with Crippen molar-refractivity contribution in [2.24, 2.45) is 0 Å². The summed E-state index contributed by atoms with van der Waals surface area (Å²) in [5.74, 6) is 0.646. The van der Waals surface area contributed by atoms with Crippen LogP contribution in [0.2, 0.25) is 0 Å². The van der Waals surface area contributed by atoms with Gasteiger partial charge in [0.15, 0.2) is 0 Å². The van der Waals surface area contributed by atoms with E-state index in [0.29, 0.717) is 24.7 Å². The molecule has 26 heavy (non-hydrogen) atoms. The van der Waals surface area contributed by atoms with Gasteiger partial charge in [-0.25, -0.2) is 8.42 Å². The van der Waals surface area contributed by atoms with Crippen LogP contribution in [0, 0.1) is 0 Å². The minimum absolute atomic E-state index is 0.0379. The molecule has 1 saturated heterocycles. The van der Waals surface area contributed by atoms with Crippen LogP contribution in [0.15, 0.2) is 53.4 Å². The first-order chi connectivity index (χ1) is 12.5. The molecule has 6 nitrogen and oxygen atoms in total. The van der Waals surface area contributed by atoms with Crippen molar-refractivity contribution in [1.82, 2.24) is 0 Å². The molecule has 1 heterocycles. The molecule has 1 aliphatic rings. The Hall–Kier alpha value is -2.25. The van der Waals surface area contributed by atoms with Gasteiger partial charge in [-0.15, -0.1) is 0 Å². The largest absolute Gasteiger partial charge is 0.491 e. The van der Waals surface area contributed by atoms with Gasteiger partial charge in [0, 0.05) is 13.1 Å². The Balaban J connectivity index is 1.81. The Bertz CT molecular complexity index is 829. The number of benzene rings is 2. The lowest BCUT2D eigenvalue weighted by Crippen LogP contribution is -2.36. The van der Waals surface area contributed by atoms with Crippen molar-refractivity contribution in [3.63, 3.8) is 0 Å². The third-order valence-electron chi connectivity index (χ3n) is 4.01. The number of sulfonamides is 1. The number of hydrogen-bond acceptors (Lipinski definition) is 5. The highest BCUT2D eigenvalue weighted by atomic mass is 32.2. The van der Waals surface area contributed by atoms with Crippen LogP contribution < -0.4 is 14.4 Å². The standard InChI is InChI=1S/C19H24N2O4S/c1-15(2)25-16-7-9-17(10-8-16)26(22,23)20-18-5-3-4-6-19(18)21-11-13-24-14-12-21/h3-10,15,20H,11-14H2,1-2H3. The monoisotopic (exact) mass is 376 g/mol. The quantitative estimate of drug-likeness (QED) is 0.839. The molecule has 0 aliphatic carbocycles. The van der Waals surface area contributed by atoms with Crippen molar-refractivity contribution < 1.29 is 17.9 Å². The van der Waals surface area contributed by atoms with Gasteiger partial charge in [0.2, 0.25) is 0 Å². The minimum Gasteiger partial charge on any atom is -0.491 e. The van der Waals surface area contributed by atoms with Crippen LogP contribution in [-0.2, 0) is 14.8 Å². The van der Waals surface area contributed by atoms with Crippen molar-refractivity contribution in [2.75, 3.05) is 35.9 Å². The second-order valence-electron chi connectivity index (χ2n) is 6.36. The zero-order valence-corrected chi connectivity index (χ0v) is 15.8. The van der Waals surface area contributed by atoms with Crippen molar-refractivity contribution in [2.45, 2.75) is 24.8 Å². The lowest BCUT2D eigenvalue weighted by atomic mass is 10.2. The summed E-state index contributed by atoms with van der Waals surface area (Å²) in [6.45, 7) is 6.60. The zero-order chi connectivity index (χ0) is 18.6. The maximum absolute atomic E-state index is 12.8. The van der Waals surface area contributed by atoms with Crippen molar-refractivity contribution in [3.05, 3.63) is 48.5 Å². The van der Waals surface area contributed by atoms with Gasteiger partial charge in [0.05, 0.1) is 35.6 Å². The Labute approximate surface area is 154 Å². The number of rotatable bonds is 6. The fraction of sp³-hybridized carbons (Fsp3) is 0.368. The van der Waals surface area contributed by atoms with E-state index in [0.717, 1.165) is 18.8 Å². The number of nitrogens with one attached hydrogen (secondary N) is 1. The summed E-state index contributed by atoms with van der Waals surface area (Å²) in [6.07, 6.45) is 0.0379. The van der Waals surface area contributed by atoms with E-state index in [2.05, 4.69) is 9.62 Å². The fourth-order valence-electron chi connectivity index (χ4n) is 2.81. The lowest BCUT2D eigenvalue weighted by Gasteiger charge is -2.30. The molecule has 140 valence electrons. The molecule has 0 atom stereocenters. The summed E-state index contributed by atoms with van der Waals surface area (Å²) in [6, 6.07) is 13.9. The normalized spacial score (nSPS) is 15.1. The Kier molecular flexibility index (Phi) is 5.68. The highest BCUT2D eigenvalue weighted by Crippen LogP contribution is 2.29. The van der Waals surface area contributed by atoms with Crippen LogP contribution in [0.5, 0.6) is 5.75 Å². The maximum atomic E-state index is 12.8. The third-order valence-corrected chi connectivity index (χ3v) is 5.39. The van der Waals surface area contributed by atoms with E-state index in [1.807, 2.05) is 32.0 Å². The van der Waals surface area contributed by atoms with E-state index in [-0.39, 0.29) is 11.0 Å². The van der Waals surface area contributed by atoms with E-state index in [1.165, 1.54) is 0 Å². The molecule has 2 aromatic carbocycles. The summed E-state index contributed by atoms with van der Waals surface area (Å²) in [5.41, 5.74) is 1.43. The van der Waals surface area contributed by atoms with Gasteiger partial charge in [-0.2, -0.15) is 0 Å². The van der Waals surface area contributed by atoms with E-state index >= 15 is 0 Å². The summed E-state index contributed by atoms with van der Waals surface area (Å²) in [4.78, 5) is 2.33. The molecule has 1 N–H and O–H groups in total. The van der Waals surface area contributed by atoms with Crippen LogP contribution in [0.4, 0.5) is 11.4 Å². The van der Waals surface area contributed by atoms with Crippen molar-refractivity contribution in [1.29, 1.82) is 0 Å². The minimum atomic E-state index is -3.68. The topological polar surface area (TPSA) is 67.9 Å². The van der Waals surface area contributed by atoms with Gasteiger partial charge >= 0.3 is 0 Å². The number of morpholine rings is 1. The van der Waals surface area contributed by atoms with Crippen LogP contribution in [0.1, 0.15) is 13.8 Å². The Morgan fingerprint density at radius 1 is 1.04 bits per heavy atom. The van der Waals surface area contributed by atoms with Crippen LogP contribution in [0.25, 0.3) is 0 Å². The predicted octanol–water partition coefficient (Wildman–Crippen LogP) is 3.11. The maximum Gasteiger partial charge on any atom is 0.261 e. The van der Waals surface area contributed by atoms with Gasteiger partial charge in [-0.1, -0.05) is 12.1 Å². The molecule has 0 unspecified atom stereocenters. The van der Waals surface area contributed by atoms with E-state index in [1.54, 1.807) is 30.3 Å². The van der Waals surface area contributed by atoms with E-state index in [4.69, 9.17) is 9.47 Å². The Morgan fingerprint density at radius 3 is 2.35 bits per heavy atom. The third kappa shape index (κ3) is 4.47. The number of anilines is 2. The number of nitrogens with zero attached hydrogens (tertiary/aromatic N) is 1. The molecule has 7 heteroatoms. The van der Waals surface area contributed by atoms with Gasteiger partial charge < -0.3 is 14.4 Å². The van der Waals surface area contributed by atoms with Gasteiger partial charge in [0.1, 0.15) is 5.75 Å². The summed E-state index contributed by atoms with van der Waals surface area (Å²) in [7, 11) is -3.68. The molecule has 0 amide bonds. The van der Waals surface area contributed by atoms with E-state index in [9.17, 15) is 8.42 Å². The molecule has 0 aromatic heterocycles. The molecule has 1 aliphatic heterocycles. The first-order valence-electron chi connectivity index (χ1n) is 8.67. The SMILES string of the molecule is CC(C)Oc1ccc(S(=O)(=O)Nc2ccccc2N2CCOCC2)cc1. The smallest absolute Gasteiger partial charge is 0.261 e. The van der Waals surface area contributed by atoms with Crippen molar-refractivity contribution in [3.8, 4) is 5.75 Å². The predicted molar refractivity (Wildman–Crippen MR) is 102 cm³/mol. The number of hydrogen-bond donors (Lipinski definition) is 1. The van der Waals surface area contributed by atoms with Crippen LogP contribution in [0.3, 0.4) is 0 Å². The Morgan fingerprint density at radius 2 is 1.69 bits per heavy atom. The second kappa shape index (κ2) is 7.97. The molecule has 0 spiro atoms. The number of para-hydroxylation sites is 2. The molecular formula is C19H24N2O4S. The summed E-state index contributed by atoms with van der Waals surface area (Å²) in [5, 5.41) is 0. The highest BCUT2D eigenvalue weighted by Gasteiger charge is 2.19. The van der Waals surface area contributed by atoms with Crippen LogP contribution in [-0.4, -0.2) is 40.8 Å². The molecule has 0 bridgehead atoms. The fourth-order valence-corrected chi connectivity index (χ4v) is 3.89. The van der Waals surface area contributed by atoms with Gasteiger partial charge in [-0.3, -0.25) is 4.72 Å². The first-order valence-corrected chi connectivity index (χ1v) is 10.2. The first kappa shape index (κ1) is 18.5. The van der Waals surface area contributed by atoms with Gasteiger partial charge in [0.25, 0.3) is 10.0 Å². The van der Waals surface area contributed by atoms with E-state index < -0.39 is 10.0 Å². The average molecular weight is 376 g/mol. The van der Waals surface area contributed by atoms with Crippen LogP contribution >= 0.6 is 0 Å². The van der Waals surface area contributed by atoms with Crippen molar-refractivity contribution >= 4 is 21.4 Å². The second-order valence-corrected chi connectivity index (χ2v) is 8.04. The molecule has 3 rings (SSSR count). The molecule has 0 saturated carbocycles.